The van der Waals surface area contributed by atoms with Gasteiger partial charge in [0, 0.05) is 6.54 Å². The summed E-state index contributed by atoms with van der Waals surface area (Å²) in [7, 11) is 3.16. The molecule has 0 atom stereocenters. The molecule has 0 bridgehead atoms. The maximum Gasteiger partial charge on any atom is 0.258 e. The molecule has 6 heteroatoms. The number of carbonyl (C=O) groups is 1. The van der Waals surface area contributed by atoms with Crippen LogP contribution in [0.2, 0.25) is 0 Å². The zero-order valence-electron chi connectivity index (χ0n) is 19.0. The number of benzene rings is 3. The van der Waals surface area contributed by atoms with Gasteiger partial charge in [-0.2, -0.15) is 0 Å². The van der Waals surface area contributed by atoms with Gasteiger partial charge in [0.05, 0.1) is 14.2 Å². The summed E-state index contributed by atoms with van der Waals surface area (Å²) < 4.78 is 22.3. The molecule has 0 saturated carbocycles. The summed E-state index contributed by atoms with van der Waals surface area (Å²) in [5, 5.41) is 2.85. The SMILES string of the molecule is C=CCc1ccc(OCC(=O)NCc2ccc(OCc3ccccc3)c(OC)c2)c(OC)c1. The highest BCUT2D eigenvalue weighted by Crippen LogP contribution is 2.29. The van der Waals surface area contributed by atoms with Crippen LogP contribution in [0.1, 0.15) is 16.7 Å². The minimum absolute atomic E-state index is 0.118. The van der Waals surface area contributed by atoms with Gasteiger partial charge >= 0.3 is 0 Å². The minimum Gasteiger partial charge on any atom is -0.493 e. The van der Waals surface area contributed by atoms with Gasteiger partial charge in [-0.15, -0.1) is 6.58 Å². The lowest BCUT2D eigenvalue weighted by Gasteiger charge is -2.14. The van der Waals surface area contributed by atoms with E-state index in [1.165, 1.54) is 0 Å². The van der Waals surface area contributed by atoms with Crippen molar-refractivity contribution < 1.29 is 23.7 Å². The average molecular weight is 448 g/mol. The third-order valence-corrected chi connectivity index (χ3v) is 4.92. The minimum atomic E-state index is -0.240. The fraction of sp³-hybridized carbons (Fsp3) is 0.222. The zero-order chi connectivity index (χ0) is 23.5. The molecule has 0 radical (unpaired) electrons. The van der Waals surface area contributed by atoms with Gasteiger partial charge in [0.15, 0.2) is 29.6 Å². The quantitative estimate of drug-likeness (QED) is 0.408. The predicted octanol–water partition coefficient (Wildman–Crippen LogP) is 4.71. The van der Waals surface area contributed by atoms with Gasteiger partial charge in [0.1, 0.15) is 6.61 Å². The van der Waals surface area contributed by atoms with Crippen LogP contribution in [-0.4, -0.2) is 26.7 Å². The highest BCUT2D eigenvalue weighted by molar-refractivity contribution is 5.77. The van der Waals surface area contributed by atoms with Crippen LogP contribution in [0.4, 0.5) is 0 Å². The van der Waals surface area contributed by atoms with E-state index in [-0.39, 0.29) is 12.5 Å². The van der Waals surface area contributed by atoms with Crippen LogP contribution in [0.25, 0.3) is 0 Å². The molecular weight excluding hydrogens is 418 g/mol. The highest BCUT2D eigenvalue weighted by Gasteiger charge is 2.10. The standard InChI is InChI=1S/C27H29NO5/c1-4-8-20-11-13-24(25(15-20)30-2)33-19-27(29)28-17-22-12-14-23(26(16-22)31-3)32-18-21-9-6-5-7-10-21/h4-7,9-16H,1,8,17-19H2,2-3H3,(H,28,29). The number of hydrogen-bond donors (Lipinski definition) is 1. The largest absolute Gasteiger partial charge is 0.493 e. The third kappa shape index (κ3) is 7.04. The van der Waals surface area contributed by atoms with E-state index in [1.807, 2.05) is 66.7 Å². The van der Waals surface area contributed by atoms with Crippen LogP contribution in [0.5, 0.6) is 23.0 Å². The molecule has 0 aliphatic heterocycles. The van der Waals surface area contributed by atoms with Crippen molar-refractivity contribution in [1.82, 2.24) is 5.32 Å². The number of ether oxygens (including phenoxy) is 4. The summed E-state index contributed by atoms with van der Waals surface area (Å²) >= 11 is 0. The molecule has 172 valence electrons. The highest BCUT2D eigenvalue weighted by atomic mass is 16.5. The van der Waals surface area contributed by atoms with Crippen molar-refractivity contribution in [2.24, 2.45) is 0 Å². The Kier molecular flexibility index (Phi) is 8.77. The number of methoxy groups -OCH3 is 2. The first-order chi connectivity index (χ1) is 16.1. The molecule has 0 saturated heterocycles. The summed E-state index contributed by atoms with van der Waals surface area (Å²) in [4.78, 5) is 12.3. The Bertz CT molecular complexity index is 1070. The predicted molar refractivity (Wildman–Crippen MR) is 128 cm³/mol. The maximum absolute atomic E-state index is 12.3. The van der Waals surface area contributed by atoms with Gasteiger partial charge < -0.3 is 24.3 Å². The van der Waals surface area contributed by atoms with Gasteiger partial charge in [0.25, 0.3) is 5.91 Å². The van der Waals surface area contributed by atoms with E-state index in [4.69, 9.17) is 18.9 Å². The number of amides is 1. The van der Waals surface area contributed by atoms with Gasteiger partial charge in [0.2, 0.25) is 0 Å². The molecule has 0 aliphatic rings. The molecule has 0 heterocycles. The molecule has 1 amide bonds. The molecule has 1 N–H and O–H groups in total. The second-order valence-electron chi connectivity index (χ2n) is 7.30. The van der Waals surface area contributed by atoms with E-state index in [0.717, 1.165) is 23.1 Å². The van der Waals surface area contributed by atoms with Crippen LogP contribution in [0, 0.1) is 0 Å². The molecule has 33 heavy (non-hydrogen) atoms. The van der Waals surface area contributed by atoms with Crippen molar-refractivity contribution in [3.63, 3.8) is 0 Å². The van der Waals surface area contributed by atoms with Crippen LogP contribution in [0.15, 0.2) is 79.4 Å². The first-order valence-electron chi connectivity index (χ1n) is 10.6. The second kappa shape index (κ2) is 12.2. The molecule has 0 aliphatic carbocycles. The monoisotopic (exact) mass is 447 g/mol. The molecule has 0 fully saturated rings. The Morgan fingerprint density at radius 2 is 1.45 bits per heavy atom. The lowest BCUT2D eigenvalue weighted by atomic mass is 10.1. The lowest BCUT2D eigenvalue weighted by Crippen LogP contribution is -2.28. The van der Waals surface area contributed by atoms with E-state index >= 15 is 0 Å². The topological polar surface area (TPSA) is 66.0 Å². The summed E-state index contributed by atoms with van der Waals surface area (Å²) in [6, 6.07) is 21.1. The number of allylic oxidation sites excluding steroid dienone is 1. The first kappa shape index (κ1) is 23.7. The van der Waals surface area contributed by atoms with Crippen molar-refractivity contribution in [1.29, 1.82) is 0 Å². The number of carbonyl (C=O) groups excluding carboxylic acids is 1. The Morgan fingerprint density at radius 1 is 0.818 bits per heavy atom. The summed E-state index contributed by atoms with van der Waals surface area (Å²) in [6.07, 6.45) is 2.55. The smallest absolute Gasteiger partial charge is 0.258 e. The molecular formula is C27H29NO5. The van der Waals surface area contributed by atoms with Crippen molar-refractivity contribution in [3.8, 4) is 23.0 Å². The Hall–Kier alpha value is -3.93. The van der Waals surface area contributed by atoms with Crippen LogP contribution in [0.3, 0.4) is 0 Å². The summed E-state index contributed by atoms with van der Waals surface area (Å²) in [6.45, 7) is 4.41. The van der Waals surface area contributed by atoms with Crippen LogP contribution in [-0.2, 0) is 24.4 Å². The van der Waals surface area contributed by atoms with Gasteiger partial charge in [-0.3, -0.25) is 4.79 Å². The molecule has 0 aromatic heterocycles. The Balaban J connectivity index is 1.52. The van der Waals surface area contributed by atoms with Gasteiger partial charge in [-0.05, 0) is 47.4 Å². The average Bonchev–Trinajstić information content (AvgIpc) is 2.86. The van der Waals surface area contributed by atoms with Crippen molar-refractivity contribution in [3.05, 3.63) is 96.1 Å². The van der Waals surface area contributed by atoms with Gasteiger partial charge in [-0.25, -0.2) is 0 Å². The fourth-order valence-corrected chi connectivity index (χ4v) is 3.20. The molecule has 0 unspecified atom stereocenters. The van der Waals surface area contributed by atoms with E-state index in [0.29, 0.717) is 36.1 Å². The molecule has 3 aromatic rings. The van der Waals surface area contributed by atoms with Crippen molar-refractivity contribution in [2.75, 3.05) is 20.8 Å². The maximum atomic E-state index is 12.3. The number of rotatable bonds is 12. The summed E-state index contributed by atoms with van der Waals surface area (Å²) in [5.74, 6) is 2.11. The fourth-order valence-electron chi connectivity index (χ4n) is 3.20. The summed E-state index contributed by atoms with van der Waals surface area (Å²) in [5.41, 5.74) is 3.02. The van der Waals surface area contributed by atoms with Crippen LogP contribution >= 0.6 is 0 Å². The van der Waals surface area contributed by atoms with E-state index in [9.17, 15) is 4.79 Å². The van der Waals surface area contributed by atoms with Crippen molar-refractivity contribution >= 4 is 5.91 Å². The second-order valence-corrected chi connectivity index (χ2v) is 7.30. The van der Waals surface area contributed by atoms with E-state index in [2.05, 4.69) is 11.9 Å². The van der Waals surface area contributed by atoms with Crippen LogP contribution < -0.4 is 24.3 Å². The van der Waals surface area contributed by atoms with E-state index in [1.54, 1.807) is 20.3 Å². The first-order valence-corrected chi connectivity index (χ1v) is 10.6. The number of hydrogen-bond acceptors (Lipinski definition) is 5. The molecule has 6 nitrogen and oxygen atoms in total. The lowest BCUT2D eigenvalue weighted by molar-refractivity contribution is -0.123. The number of nitrogens with one attached hydrogen (secondary N) is 1. The normalized spacial score (nSPS) is 10.2. The molecule has 3 aromatic carbocycles. The Labute approximate surface area is 194 Å². The van der Waals surface area contributed by atoms with E-state index < -0.39 is 0 Å². The van der Waals surface area contributed by atoms with Crippen molar-refractivity contribution in [2.45, 2.75) is 19.6 Å². The third-order valence-electron chi connectivity index (χ3n) is 4.92. The zero-order valence-corrected chi connectivity index (χ0v) is 19.0. The molecule has 0 spiro atoms. The van der Waals surface area contributed by atoms with Gasteiger partial charge in [-0.1, -0.05) is 48.5 Å². The molecule has 3 rings (SSSR count). The Morgan fingerprint density at radius 3 is 2.12 bits per heavy atom.